The summed E-state index contributed by atoms with van der Waals surface area (Å²) in [7, 11) is 0. The summed E-state index contributed by atoms with van der Waals surface area (Å²) in [5.74, 6) is -0.752. The fourth-order valence-corrected chi connectivity index (χ4v) is 3.02. The number of anilines is 2. The van der Waals surface area contributed by atoms with Gasteiger partial charge in [-0.1, -0.05) is 18.2 Å². The zero-order valence-corrected chi connectivity index (χ0v) is 14.3. The van der Waals surface area contributed by atoms with E-state index in [9.17, 15) is 14.4 Å². The Morgan fingerprint density at radius 3 is 2.59 bits per heavy atom. The molecule has 3 aromatic rings. The maximum absolute atomic E-state index is 12.5. The number of carbonyl (C=O) groups excluding carboxylic acids is 3. The van der Waals surface area contributed by atoms with E-state index >= 15 is 0 Å². The van der Waals surface area contributed by atoms with Crippen molar-refractivity contribution in [3.63, 3.8) is 0 Å². The molecule has 8 nitrogen and oxygen atoms in total. The average molecular weight is 363 g/mol. The van der Waals surface area contributed by atoms with Crippen molar-refractivity contribution in [3.8, 4) is 0 Å². The number of carbonyl (C=O) groups is 3. The van der Waals surface area contributed by atoms with Gasteiger partial charge in [-0.15, -0.1) is 0 Å². The molecule has 0 unspecified atom stereocenters. The molecular formula is C19H17N5O3. The maximum Gasteiger partial charge on any atom is 0.276 e. The van der Waals surface area contributed by atoms with Crippen molar-refractivity contribution in [1.29, 1.82) is 0 Å². The number of amides is 3. The second-order valence-electron chi connectivity index (χ2n) is 6.30. The molecule has 27 heavy (non-hydrogen) atoms. The smallest absolute Gasteiger partial charge is 0.276 e. The summed E-state index contributed by atoms with van der Waals surface area (Å²) in [4.78, 5) is 36.1. The Hall–Kier alpha value is -3.68. The van der Waals surface area contributed by atoms with Crippen LogP contribution in [0.4, 0.5) is 11.4 Å². The molecule has 3 amide bonds. The van der Waals surface area contributed by atoms with Gasteiger partial charge in [0.1, 0.15) is 6.04 Å². The van der Waals surface area contributed by atoms with E-state index in [2.05, 4.69) is 26.1 Å². The summed E-state index contributed by atoms with van der Waals surface area (Å²) >= 11 is 0. The monoisotopic (exact) mass is 363 g/mol. The van der Waals surface area contributed by atoms with Crippen LogP contribution in [-0.4, -0.2) is 34.0 Å². The van der Waals surface area contributed by atoms with Gasteiger partial charge in [0.2, 0.25) is 11.8 Å². The lowest BCUT2D eigenvalue weighted by atomic mass is 10.1. The molecule has 0 aliphatic carbocycles. The Balaban J connectivity index is 1.55. The summed E-state index contributed by atoms with van der Waals surface area (Å²) in [6, 6.07) is 13.7. The molecule has 0 spiro atoms. The quantitative estimate of drug-likeness (QED) is 0.567. The van der Waals surface area contributed by atoms with Gasteiger partial charge >= 0.3 is 0 Å². The average Bonchev–Trinajstić information content (AvgIpc) is 3.28. The number of H-pyrrole nitrogens is 1. The van der Waals surface area contributed by atoms with Gasteiger partial charge in [-0.3, -0.25) is 19.5 Å². The largest absolute Gasteiger partial charge is 0.344 e. The molecule has 1 aliphatic rings. The summed E-state index contributed by atoms with van der Waals surface area (Å²) in [6.45, 7) is 0. The molecule has 1 fully saturated rings. The van der Waals surface area contributed by atoms with Crippen molar-refractivity contribution in [3.05, 3.63) is 54.2 Å². The van der Waals surface area contributed by atoms with Gasteiger partial charge < -0.3 is 16.0 Å². The second-order valence-corrected chi connectivity index (χ2v) is 6.30. The van der Waals surface area contributed by atoms with Crippen LogP contribution in [0.5, 0.6) is 0 Å². The Labute approximate surface area is 154 Å². The van der Waals surface area contributed by atoms with Gasteiger partial charge in [-0.2, -0.15) is 5.10 Å². The summed E-state index contributed by atoms with van der Waals surface area (Å²) in [5, 5.41) is 15.7. The van der Waals surface area contributed by atoms with Gasteiger partial charge in [-0.25, -0.2) is 0 Å². The lowest BCUT2D eigenvalue weighted by molar-refractivity contribution is -0.122. The highest BCUT2D eigenvalue weighted by atomic mass is 16.2. The van der Waals surface area contributed by atoms with Crippen molar-refractivity contribution in [2.75, 3.05) is 10.6 Å². The zero-order chi connectivity index (χ0) is 18.8. The van der Waals surface area contributed by atoms with Crippen LogP contribution in [0.2, 0.25) is 0 Å². The van der Waals surface area contributed by atoms with Crippen LogP contribution < -0.4 is 16.0 Å². The number of para-hydroxylation sites is 1. The van der Waals surface area contributed by atoms with E-state index in [-0.39, 0.29) is 23.4 Å². The number of hydrogen-bond acceptors (Lipinski definition) is 4. The Morgan fingerprint density at radius 1 is 1.04 bits per heavy atom. The van der Waals surface area contributed by atoms with Crippen molar-refractivity contribution in [2.24, 2.45) is 0 Å². The van der Waals surface area contributed by atoms with Crippen LogP contribution in [-0.2, 0) is 9.59 Å². The molecule has 2 aromatic carbocycles. The highest BCUT2D eigenvalue weighted by molar-refractivity contribution is 6.12. The fraction of sp³-hybridized carbons (Fsp3) is 0.158. The molecule has 136 valence electrons. The van der Waals surface area contributed by atoms with Crippen LogP contribution in [0.15, 0.2) is 48.5 Å². The number of benzene rings is 2. The molecule has 1 aliphatic heterocycles. The van der Waals surface area contributed by atoms with E-state index in [1.807, 2.05) is 18.2 Å². The number of aromatic amines is 1. The first kappa shape index (κ1) is 16.8. The number of nitrogens with zero attached hydrogens (tertiary/aromatic N) is 1. The minimum atomic E-state index is -0.529. The van der Waals surface area contributed by atoms with Crippen molar-refractivity contribution in [2.45, 2.75) is 18.9 Å². The molecule has 2 heterocycles. The van der Waals surface area contributed by atoms with E-state index in [4.69, 9.17) is 0 Å². The van der Waals surface area contributed by atoms with Crippen LogP contribution in [0.3, 0.4) is 0 Å². The third-order valence-corrected chi connectivity index (χ3v) is 4.39. The number of aromatic nitrogens is 2. The lowest BCUT2D eigenvalue weighted by Gasteiger charge is -2.11. The Morgan fingerprint density at radius 2 is 1.85 bits per heavy atom. The normalized spacial score (nSPS) is 16.1. The summed E-state index contributed by atoms with van der Waals surface area (Å²) in [5.41, 5.74) is 2.11. The highest BCUT2D eigenvalue weighted by Crippen LogP contribution is 2.22. The van der Waals surface area contributed by atoms with E-state index in [0.717, 1.165) is 0 Å². The van der Waals surface area contributed by atoms with Gasteiger partial charge in [0.15, 0.2) is 5.69 Å². The molecule has 8 heteroatoms. The zero-order valence-electron chi connectivity index (χ0n) is 14.3. The van der Waals surface area contributed by atoms with Gasteiger partial charge in [-0.05, 0) is 36.8 Å². The molecule has 1 aromatic heterocycles. The van der Waals surface area contributed by atoms with Gasteiger partial charge in [0.25, 0.3) is 5.91 Å². The molecule has 0 bridgehead atoms. The van der Waals surface area contributed by atoms with E-state index in [1.54, 1.807) is 30.3 Å². The standard InChI is InChI=1S/C19H17N5O3/c25-16-9-8-15(22-16)18(26)21-12-6-7-14-13(10-12)17(24-23-14)19(27)20-11-4-2-1-3-5-11/h1-7,10,15H,8-9H2,(H,20,27)(H,21,26)(H,22,25)(H,23,24)/t15-/m0/s1. The molecule has 4 N–H and O–H groups in total. The number of nitrogens with one attached hydrogen (secondary N) is 4. The third kappa shape index (κ3) is 3.50. The third-order valence-electron chi connectivity index (χ3n) is 4.39. The summed E-state index contributed by atoms with van der Waals surface area (Å²) < 4.78 is 0. The number of hydrogen-bond donors (Lipinski definition) is 4. The van der Waals surface area contributed by atoms with E-state index in [0.29, 0.717) is 35.1 Å². The predicted octanol–water partition coefficient (Wildman–Crippen LogP) is 2.03. The van der Waals surface area contributed by atoms with Crippen molar-refractivity contribution in [1.82, 2.24) is 15.5 Å². The first-order chi connectivity index (χ1) is 13.1. The van der Waals surface area contributed by atoms with Gasteiger partial charge in [0.05, 0.1) is 5.52 Å². The molecule has 1 atom stereocenters. The van der Waals surface area contributed by atoms with Crippen LogP contribution in [0.1, 0.15) is 23.3 Å². The maximum atomic E-state index is 12.5. The molecule has 1 saturated heterocycles. The fourth-order valence-electron chi connectivity index (χ4n) is 3.02. The highest BCUT2D eigenvalue weighted by Gasteiger charge is 2.27. The Bertz CT molecular complexity index is 1030. The second kappa shape index (κ2) is 6.91. The topological polar surface area (TPSA) is 116 Å². The lowest BCUT2D eigenvalue weighted by Crippen LogP contribution is -2.37. The van der Waals surface area contributed by atoms with Crippen LogP contribution in [0, 0.1) is 0 Å². The first-order valence-electron chi connectivity index (χ1n) is 8.55. The van der Waals surface area contributed by atoms with Crippen LogP contribution >= 0.6 is 0 Å². The van der Waals surface area contributed by atoms with Crippen molar-refractivity contribution >= 4 is 40.0 Å². The first-order valence-corrected chi connectivity index (χ1v) is 8.55. The minimum Gasteiger partial charge on any atom is -0.344 e. The predicted molar refractivity (Wildman–Crippen MR) is 100 cm³/mol. The molecule has 0 saturated carbocycles. The van der Waals surface area contributed by atoms with Crippen LogP contribution in [0.25, 0.3) is 10.9 Å². The Kier molecular flexibility index (Phi) is 4.29. The number of rotatable bonds is 4. The van der Waals surface area contributed by atoms with Crippen molar-refractivity contribution < 1.29 is 14.4 Å². The van der Waals surface area contributed by atoms with E-state index < -0.39 is 6.04 Å². The minimum absolute atomic E-state index is 0.125. The van der Waals surface area contributed by atoms with Gasteiger partial charge in [0, 0.05) is 23.2 Å². The van der Waals surface area contributed by atoms with E-state index in [1.165, 1.54) is 0 Å². The SMILES string of the molecule is O=C1CC[C@@H](C(=O)Nc2ccc3[nH]nc(C(=O)Nc4ccccc4)c3c2)N1. The molecule has 0 radical (unpaired) electrons. The molecule has 4 rings (SSSR count). The number of fused-ring (bicyclic) bond motifs is 1. The molecular weight excluding hydrogens is 346 g/mol. The summed E-state index contributed by atoms with van der Waals surface area (Å²) in [6.07, 6.45) is 0.825.